The van der Waals surface area contributed by atoms with E-state index >= 15 is 0 Å². The van der Waals surface area contributed by atoms with E-state index in [4.69, 9.17) is 16.0 Å². The van der Waals surface area contributed by atoms with Gasteiger partial charge in [-0.25, -0.2) is 4.98 Å². The second-order valence-electron chi connectivity index (χ2n) is 6.36. The normalized spacial score (nSPS) is 11.2. The van der Waals surface area contributed by atoms with E-state index in [1.54, 1.807) is 31.3 Å². The summed E-state index contributed by atoms with van der Waals surface area (Å²) in [6.07, 6.45) is 0. The first-order valence-electron chi connectivity index (χ1n) is 8.36. The van der Waals surface area contributed by atoms with E-state index in [1.165, 1.54) is 4.90 Å². The number of fused-ring (bicyclic) bond motifs is 2. The fourth-order valence-corrected chi connectivity index (χ4v) is 3.31. The number of H-pyrrole nitrogens is 1. The third kappa shape index (κ3) is 2.98. The van der Waals surface area contributed by atoms with Gasteiger partial charge < -0.3 is 14.3 Å². The number of amides is 1. The van der Waals surface area contributed by atoms with Gasteiger partial charge in [0.25, 0.3) is 11.5 Å². The Bertz CT molecular complexity index is 1240. The molecule has 0 unspecified atom stereocenters. The molecule has 2 aromatic heterocycles. The van der Waals surface area contributed by atoms with Crippen LogP contribution in [-0.2, 0) is 6.54 Å². The van der Waals surface area contributed by atoms with Gasteiger partial charge in [0.15, 0.2) is 11.3 Å². The van der Waals surface area contributed by atoms with Gasteiger partial charge in [0, 0.05) is 18.0 Å². The molecule has 0 radical (unpaired) electrons. The molecule has 136 valence electrons. The summed E-state index contributed by atoms with van der Waals surface area (Å²) in [5.74, 6) is 0.320. The zero-order valence-corrected chi connectivity index (χ0v) is 15.5. The van der Waals surface area contributed by atoms with Crippen molar-refractivity contribution in [2.75, 3.05) is 7.05 Å². The lowest BCUT2D eigenvalue weighted by molar-refractivity contribution is 0.0751. The SMILES string of the molecule is Cc1c(C(=O)N(C)Cc2nc3ccccc3c(=O)[nH]2)oc2c(Cl)cccc12. The van der Waals surface area contributed by atoms with E-state index in [0.29, 0.717) is 27.3 Å². The number of hydrogen-bond acceptors (Lipinski definition) is 4. The summed E-state index contributed by atoms with van der Waals surface area (Å²) < 4.78 is 5.73. The molecule has 0 fully saturated rings. The summed E-state index contributed by atoms with van der Waals surface area (Å²) in [5.41, 5.74) is 1.57. The quantitative estimate of drug-likeness (QED) is 0.583. The lowest BCUT2D eigenvalue weighted by atomic mass is 10.1. The molecule has 27 heavy (non-hydrogen) atoms. The van der Waals surface area contributed by atoms with E-state index in [9.17, 15) is 9.59 Å². The predicted octanol–water partition coefficient (Wildman–Crippen LogP) is 3.90. The summed E-state index contributed by atoms with van der Waals surface area (Å²) in [6.45, 7) is 1.96. The van der Waals surface area contributed by atoms with Crippen molar-refractivity contribution in [3.8, 4) is 0 Å². The molecule has 0 saturated carbocycles. The molecule has 4 rings (SSSR count). The van der Waals surface area contributed by atoms with Crippen molar-refractivity contribution in [3.63, 3.8) is 0 Å². The number of halogens is 1. The number of carbonyl (C=O) groups excluding carboxylic acids is 1. The van der Waals surface area contributed by atoms with Crippen LogP contribution in [0.3, 0.4) is 0 Å². The first-order chi connectivity index (χ1) is 13.0. The smallest absolute Gasteiger partial charge is 0.290 e. The van der Waals surface area contributed by atoms with Gasteiger partial charge in [-0.2, -0.15) is 0 Å². The zero-order chi connectivity index (χ0) is 19.1. The van der Waals surface area contributed by atoms with Crippen LogP contribution in [-0.4, -0.2) is 27.8 Å². The molecular formula is C20H16ClN3O3. The summed E-state index contributed by atoms with van der Waals surface area (Å²) in [5, 5.41) is 1.77. The van der Waals surface area contributed by atoms with Crippen molar-refractivity contribution in [2.45, 2.75) is 13.5 Å². The molecular weight excluding hydrogens is 366 g/mol. The van der Waals surface area contributed by atoms with Crippen LogP contribution in [0.2, 0.25) is 5.02 Å². The van der Waals surface area contributed by atoms with Crippen molar-refractivity contribution in [3.05, 3.63) is 75.0 Å². The molecule has 0 aliphatic carbocycles. The average molecular weight is 382 g/mol. The maximum Gasteiger partial charge on any atom is 0.290 e. The summed E-state index contributed by atoms with van der Waals surface area (Å²) in [7, 11) is 1.63. The molecule has 0 bridgehead atoms. The number of rotatable bonds is 3. The maximum atomic E-state index is 12.9. The second-order valence-corrected chi connectivity index (χ2v) is 6.77. The van der Waals surface area contributed by atoms with Crippen LogP contribution in [0.25, 0.3) is 21.9 Å². The minimum absolute atomic E-state index is 0.142. The highest BCUT2D eigenvalue weighted by molar-refractivity contribution is 6.35. The summed E-state index contributed by atoms with van der Waals surface area (Å²) >= 11 is 6.16. The number of furan rings is 1. The Morgan fingerprint density at radius 3 is 2.70 bits per heavy atom. The van der Waals surface area contributed by atoms with E-state index in [2.05, 4.69) is 9.97 Å². The average Bonchev–Trinajstić information content (AvgIpc) is 2.99. The van der Waals surface area contributed by atoms with Gasteiger partial charge in [0.05, 0.1) is 22.5 Å². The van der Waals surface area contributed by atoms with Crippen molar-refractivity contribution in [1.82, 2.24) is 14.9 Å². The van der Waals surface area contributed by atoms with Gasteiger partial charge in [-0.05, 0) is 25.1 Å². The van der Waals surface area contributed by atoms with Gasteiger partial charge in [0.2, 0.25) is 0 Å². The number of aromatic nitrogens is 2. The number of nitrogens with zero attached hydrogens (tertiary/aromatic N) is 2. The van der Waals surface area contributed by atoms with E-state index in [0.717, 1.165) is 10.9 Å². The molecule has 2 aromatic carbocycles. The summed E-state index contributed by atoms with van der Waals surface area (Å²) in [6, 6.07) is 12.5. The first-order valence-corrected chi connectivity index (χ1v) is 8.74. The Kier molecular flexibility index (Phi) is 4.20. The summed E-state index contributed by atoms with van der Waals surface area (Å²) in [4.78, 5) is 33.7. The van der Waals surface area contributed by atoms with Gasteiger partial charge in [-0.15, -0.1) is 0 Å². The maximum absolute atomic E-state index is 12.9. The first kappa shape index (κ1) is 17.3. The minimum Gasteiger partial charge on any atom is -0.449 e. The fraction of sp³-hybridized carbons (Fsp3) is 0.150. The van der Waals surface area contributed by atoms with Crippen molar-refractivity contribution in [1.29, 1.82) is 0 Å². The predicted molar refractivity (Wildman–Crippen MR) is 104 cm³/mol. The Balaban J connectivity index is 1.67. The number of benzene rings is 2. The van der Waals surface area contributed by atoms with Crippen LogP contribution in [0.15, 0.2) is 51.7 Å². The molecule has 0 saturated heterocycles. The molecule has 7 heteroatoms. The van der Waals surface area contributed by atoms with Gasteiger partial charge in [-0.3, -0.25) is 9.59 Å². The van der Waals surface area contributed by atoms with Crippen LogP contribution in [0, 0.1) is 6.92 Å². The number of aromatic amines is 1. The lowest BCUT2D eigenvalue weighted by Gasteiger charge is -2.15. The van der Waals surface area contributed by atoms with Crippen molar-refractivity contribution < 1.29 is 9.21 Å². The largest absolute Gasteiger partial charge is 0.449 e. The zero-order valence-electron chi connectivity index (χ0n) is 14.7. The minimum atomic E-state index is -0.310. The van der Waals surface area contributed by atoms with E-state index in [-0.39, 0.29) is 23.8 Å². The number of nitrogens with one attached hydrogen (secondary N) is 1. The molecule has 0 atom stereocenters. The highest BCUT2D eigenvalue weighted by Crippen LogP contribution is 2.31. The topological polar surface area (TPSA) is 79.2 Å². The van der Waals surface area contributed by atoms with Gasteiger partial charge in [0.1, 0.15) is 5.82 Å². The van der Waals surface area contributed by atoms with Gasteiger partial charge in [-0.1, -0.05) is 35.9 Å². The Hall–Kier alpha value is -3.12. The molecule has 0 aliphatic heterocycles. The van der Waals surface area contributed by atoms with Crippen LogP contribution in [0.4, 0.5) is 0 Å². The molecule has 6 nitrogen and oxygen atoms in total. The monoisotopic (exact) mass is 381 g/mol. The Morgan fingerprint density at radius 2 is 1.93 bits per heavy atom. The lowest BCUT2D eigenvalue weighted by Crippen LogP contribution is -2.28. The van der Waals surface area contributed by atoms with Crippen LogP contribution in [0.1, 0.15) is 21.9 Å². The molecule has 1 amide bonds. The number of carbonyl (C=O) groups is 1. The second kappa shape index (κ2) is 6.55. The highest BCUT2D eigenvalue weighted by Gasteiger charge is 2.22. The Labute approximate surface area is 159 Å². The molecule has 2 heterocycles. The van der Waals surface area contributed by atoms with Crippen LogP contribution in [0.5, 0.6) is 0 Å². The van der Waals surface area contributed by atoms with Crippen molar-refractivity contribution in [2.24, 2.45) is 0 Å². The Morgan fingerprint density at radius 1 is 1.19 bits per heavy atom. The number of para-hydroxylation sites is 2. The molecule has 1 N–H and O–H groups in total. The fourth-order valence-electron chi connectivity index (χ4n) is 3.09. The highest BCUT2D eigenvalue weighted by atomic mass is 35.5. The number of aryl methyl sites for hydroxylation is 1. The molecule has 0 aliphatic rings. The molecule has 4 aromatic rings. The van der Waals surface area contributed by atoms with E-state index < -0.39 is 0 Å². The van der Waals surface area contributed by atoms with Crippen LogP contribution < -0.4 is 5.56 Å². The number of hydrogen-bond donors (Lipinski definition) is 1. The third-order valence-corrected chi connectivity index (χ3v) is 4.80. The van der Waals surface area contributed by atoms with Gasteiger partial charge >= 0.3 is 0 Å². The standard InChI is InChI=1S/C20H16ClN3O3/c1-11-12-7-5-8-14(21)18(12)27-17(11)20(26)24(2)10-16-22-15-9-4-3-6-13(15)19(25)23-16/h3-9H,10H2,1-2H3,(H,22,23,25). The molecule has 0 spiro atoms. The van der Waals surface area contributed by atoms with Crippen molar-refractivity contribution >= 4 is 39.4 Å². The van der Waals surface area contributed by atoms with E-state index in [1.807, 2.05) is 25.1 Å². The third-order valence-electron chi connectivity index (χ3n) is 4.51. The van der Waals surface area contributed by atoms with Crippen LogP contribution >= 0.6 is 11.6 Å².